The van der Waals surface area contributed by atoms with Crippen LogP contribution in [0.5, 0.6) is 0 Å². The fourth-order valence-corrected chi connectivity index (χ4v) is 9.06. The van der Waals surface area contributed by atoms with E-state index in [2.05, 4.69) is 0 Å². The zero-order valence-electron chi connectivity index (χ0n) is 20.5. The predicted molar refractivity (Wildman–Crippen MR) is 132 cm³/mol. The summed E-state index contributed by atoms with van der Waals surface area (Å²) in [6, 6.07) is 0. The minimum atomic E-state index is 0.708. The van der Waals surface area contributed by atoms with Crippen LogP contribution in [0.2, 0.25) is 0 Å². The minimum Gasteiger partial charge on any atom is -0.0533 e. The van der Waals surface area contributed by atoms with Gasteiger partial charge in [0.2, 0.25) is 0 Å². The second-order valence-corrected chi connectivity index (χ2v) is 12.4. The molecule has 4 atom stereocenters. The molecule has 0 aromatic carbocycles. The second-order valence-electron chi connectivity index (χ2n) is 12.4. The van der Waals surface area contributed by atoms with Gasteiger partial charge in [0.1, 0.15) is 0 Å². The maximum absolute atomic E-state index is 1.61. The average Bonchev–Trinajstić information content (AvgIpc) is 2.79. The molecule has 5 rings (SSSR count). The second kappa shape index (κ2) is 11.7. The fourth-order valence-electron chi connectivity index (χ4n) is 9.06. The first-order valence-corrected chi connectivity index (χ1v) is 14.8. The molecule has 0 nitrogen and oxygen atoms in total. The van der Waals surface area contributed by atoms with Crippen LogP contribution in [-0.2, 0) is 0 Å². The minimum absolute atomic E-state index is 0.708. The lowest BCUT2D eigenvalue weighted by Crippen LogP contribution is -2.43. The number of hydrogen-bond donors (Lipinski definition) is 0. The Labute approximate surface area is 189 Å². The highest BCUT2D eigenvalue weighted by atomic mass is 14.5. The van der Waals surface area contributed by atoms with Crippen molar-refractivity contribution in [3.8, 4) is 0 Å². The average molecular weight is 415 g/mol. The van der Waals surface area contributed by atoms with Gasteiger partial charge in [0.25, 0.3) is 0 Å². The lowest BCUT2D eigenvalue weighted by Gasteiger charge is -2.54. The van der Waals surface area contributed by atoms with E-state index in [0.29, 0.717) is 10.8 Å². The van der Waals surface area contributed by atoms with Gasteiger partial charge >= 0.3 is 0 Å². The van der Waals surface area contributed by atoms with Gasteiger partial charge in [-0.3, -0.25) is 0 Å². The summed E-state index contributed by atoms with van der Waals surface area (Å²) in [4.78, 5) is 0. The number of hydrogen-bond acceptors (Lipinski definition) is 0. The van der Waals surface area contributed by atoms with E-state index in [1.54, 1.807) is 116 Å². The third-order valence-corrected chi connectivity index (χ3v) is 10.8. The van der Waals surface area contributed by atoms with E-state index < -0.39 is 0 Å². The summed E-state index contributed by atoms with van der Waals surface area (Å²) in [6.45, 7) is 0. The molecule has 0 aliphatic heterocycles. The van der Waals surface area contributed by atoms with Crippen LogP contribution in [0, 0.1) is 22.7 Å². The quantitative estimate of drug-likeness (QED) is 0.369. The summed E-state index contributed by atoms with van der Waals surface area (Å²) >= 11 is 0. The smallest absolute Gasteiger partial charge is 0.0241 e. The molecule has 0 amide bonds. The summed E-state index contributed by atoms with van der Waals surface area (Å²) in [7, 11) is 0. The molecule has 0 aromatic heterocycles. The molecule has 174 valence electrons. The van der Waals surface area contributed by atoms with Gasteiger partial charge in [0, 0.05) is 0 Å². The molecule has 30 heavy (non-hydrogen) atoms. The lowest BCUT2D eigenvalue weighted by molar-refractivity contribution is -0.0355. The molecule has 0 heteroatoms. The predicted octanol–water partition coefficient (Wildman–Crippen LogP) is 10.4. The molecule has 0 aromatic rings. The molecular weight excluding hydrogens is 360 g/mol. The zero-order chi connectivity index (χ0) is 20.5. The van der Waals surface area contributed by atoms with Crippen molar-refractivity contribution in [2.75, 3.05) is 0 Å². The molecule has 0 N–H and O–H groups in total. The Kier molecular flexibility index (Phi) is 9.07. The molecular formula is C30H54. The van der Waals surface area contributed by atoms with Crippen molar-refractivity contribution in [2.45, 2.75) is 167 Å². The Morgan fingerprint density at radius 1 is 0.267 bits per heavy atom. The van der Waals surface area contributed by atoms with Crippen LogP contribution in [0.15, 0.2) is 0 Å². The van der Waals surface area contributed by atoms with Crippen molar-refractivity contribution in [3.05, 3.63) is 0 Å². The van der Waals surface area contributed by atoms with Gasteiger partial charge < -0.3 is 0 Å². The highest BCUT2D eigenvalue weighted by Crippen LogP contribution is 2.60. The highest BCUT2D eigenvalue weighted by molar-refractivity contribution is 4.99. The van der Waals surface area contributed by atoms with Crippen molar-refractivity contribution in [1.29, 1.82) is 0 Å². The van der Waals surface area contributed by atoms with Crippen LogP contribution >= 0.6 is 0 Å². The maximum atomic E-state index is 1.61. The van der Waals surface area contributed by atoms with Gasteiger partial charge in [-0.1, -0.05) is 128 Å². The Balaban J connectivity index is 1.72. The van der Waals surface area contributed by atoms with E-state index in [1.165, 1.54) is 51.4 Å². The summed E-state index contributed by atoms with van der Waals surface area (Å²) in [5, 5.41) is 0. The monoisotopic (exact) mass is 414 g/mol. The Bertz CT molecular complexity index is 458. The van der Waals surface area contributed by atoms with Crippen LogP contribution < -0.4 is 0 Å². The summed E-state index contributed by atoms with van der Waals surface area (Å²) in [5.74, 6) is 2.15. The van der Waals surface area contributed by atoms with Crippen molar-refractivity contribution >= 4 is 0 Å². The topological polar surface area (TPSA) is 0 Å². The lowest BCUT2D eigenvalue weighted by atomic mass is 9.51. The molecule has 2 unspecified atom stereocenters. The summed E-state index contributed by atoms with van der Waals surface area (Å²) < 4.78 is 0. The van der Waals surface area contributed by atoms with Gasteiger partial charge in [-0.25, -0.2) is 0 Å². The molecule has 5 aliphatic carbocycles. The van der Waals surface area contributed by atoms with Gasteiger partial charge in [0.05, 0.1) is 0 Å². The van der Waals surface area contributed by atoms with E-state index in [-0.39, 0.29) is 0 Å². The molecule has 4 bridgehead atoms. The first kappa shape index (κ1) is 23.2. The number of rotatable bonds is 0. The van der Waals surface area contributed by atoms with Crippen molar-refractivity contribution in [3.63, 3.8) is 0 Å². The molecule has 5 saturated carbocycles. The van der Waals surface area contributed by atoms with Crippen molar-refractivity contribution in [2.24, 2.45) is 22.7 Å². The van der Waals surface area contributed by atoms with E-state index in [4.69, 9.17) is 0 Å². The third kappa shape index (κ3) is 5.67. The largest absolute Gasteiger partial charge is 0.0533 e. The van der Waals surface area contributed by atoms with Crippen molar-refractivity contribution in [1.82, 2.24) is 0 Å². The normalized spacial score (nSPS) is 40.8. The Morgan fingerprint density at radius 2 is 0.533 bits per heavy atom. The van der Waals surface area contributed by atoms with E-state index in [1.807, 2.05) is 0 Å². The van der Waals surface area contributed by atoms with E-state index in [9.17, 15) is 0 Å². The molecule has 5 fully saturated rings. The maximum Gasteiger partial charge on any atom is -0.0241 e. The first-order valence-electron chi connectivity index (χ1n) is 14.8. The summed E-state index contributed by atoms with van der Waals surface area (Å²) in [6.07, 6.45) is 40.6. The SMILES string of the molecule is C1CCCC[C@@]23CCCCC[C@@H]4CCCC2(CCC1)CCCCCCCC4CCC3. The fraction of sp³-hybridized carbons (Fsp3) is 1.00. The standard InChI is InChI=1S/C30H54/c1-2-6-12-22-30-24-14-8-10-18-28-20-16-25-29(30,21-11-5-1)23-13-7-3-4-9-17-27(28)19-15-26-30/h27-28H,1-26H2/t27?,28-,29?,30+/m1/s1. The van der Waals surface area contributed by atoms with E-state index >= 15 is 0 Å². The third-order valence-electron chi connectivity index (χ3n) is 10.8. The van der Waals surface area contributed by atoms with Gasteiger partial charge in [-0.15, -0.1) is 0 Å². The zero-order valence-corrected chi connectivity index (χ0v) is 20.5. The van der Waals surface area contributed by atoms with Gasteiger partial charge in [-0.2, -0.15) is 0 Å². The molecule has 0 radical (unpaired) electrons. The van der Waals surface area contributed by atoms with Crippen LogP contribution in [-0.4, -0.2) is 0 Å². The Morgan fingerprint density at radius 3 is 0.967 bits per heavy atom. The molecule has 5 aliphatic rings. The first-order chi connectivity index (χ1) is 14.8. The molecule has 0 heterocycles. The van der Waals surface area contributed by atoms with E-state index in [0.717, 1.165) is 11.8 Å². The van der Waals surface area contributed by atoms with Gasteiger partial charge in [-0.05, 0) is 61.2 Å². The highest BCUT2D eigenvalue weighted by Gasteiger charge is 2.49. The van der Waals surface area contributed by atoms with Crippen LogP contribution in [0.1, 0.15) is 167 Å². The Hall–Kier alpha value is 0. The van der Waals surface area contributed by atoms with Crippen LogP contribution in [0.4, 0.5) is 0 Å². The van der Waals surface area contributed by atoms with Crippen LogP contribution in [0.25, 0.3) is 0 Å². The van der Waals surface area contributed by atoms with Gasteiger partial charge in [0.15, 0.2) is 0 Å². The number of fused-ring (bicyclic) bond motifs is 6. The van der Waals surface area contributed by atoms with Crippen LogP contribution in [0.3, 0.4) is 0 Å². The summed E-state index contributed by atoms with van der Waals surface area (Å²) in [5.41, 5.74) is 1.42. The van der Waals surface area contributed by atoms with Crippen molar-refractivity contribution < 1.29 is 0 Å². The molecule has 2 spiro atoms. The molecule has 0 saturated heterocycles.